The summed E-state index contributed by atoms with van der Waals surface area (Å²) in [5.41, 5.74) is 13.5. The molecular weight excluding hydrogens is 749 g/mol. The standard InChI is InChI=1S/C50H71N7.C3H7N/c1-13-16-23-37(6)57(15-3)43(12)44-24-21-25-47(38(44)7)53-28-20-18-17-19-22-36(5)51-29-31-56(14-2)32-30-52-41(10)50-39(8)49(55-42(50)11)34-45-40(9)54-48-27-26-35(4)33-46(45)48;1-3-4-2/h13,15,21,24-27,33-34,37,51-55H,1,3,5,9-10,12,14,16-20,22-23,28-32H2,2,4,6-8,11H3;3-4H,1H2,2H3/b45-34+;. The van der Waals surface area contributed by atoms with Gasteiger partial charge in [-0.15, -0.1) is 6.58 Å². The van der Waals surface area contributed by atoms with Crippen molar-refractivity contribution in [3.8, 4) is 0 Å². The van der Waals surface area contributed by atoms with E-state index in [-0.39, 0.29) is 0 Å². The van der Waals surface area contributed by atoms with Crippen molar-refractivity contribution >= 4 is 40.6 Å². The van der Waals surface area contributed by atoms with Crippen molar-refractivity contribution in [3.05, 3.63) is 150 Å². The number of unbranched alkanes of at least 4 members (excludes halogenated alkanes) is 3. The molecule has 1 atom stereocenters. The average molecular weight is 827 g/mol. The summed E-state index contributed by atoms with van der Waals surface area (Å²) >= 11 is 0. The van der Waals surface area contributed by atoms with Crippen LogP contribution in [0.4, 0.5) is 5.69 Å². The second kappa shape index (κ2) is 25.9. The van der Waals surface area contributed by atoms with Gasteiger partial charge >= 0.3 is 0 Å². The molecule has 6 N–H and O–H groups in total. The van der Waals surface area contributed by atoms with Gasteiger partial charge in [-0.25, -0.2) is 0 Å². The van der Waals surface area contributed by atoms with E-state index in [2.05, 4.69) is 171 Å². The van der Waals surface area contributed by atoms with Crippen LogP contribution in [0.1, 0.15) is 98.0 Å². The Balaban J connectivity index is 0.00000237. The molecule has 0 saturated carbocycles. The monoisotopic (exact) mass is 827 g/mol. The molecule has 4 rings (SSSR count). The third-order valence-corrected chi connectivity index (χ3v) is 11.5. The lowest BCUT2D eigenvalue weighted by Gasteiger charge is -2.30. The predicted octanol–water partition coefficient (Wildman–Crippen LogP) is 10.1. The molecule has 0 spiro atoms. The highest BCUT2D eigenvalue weighted by atomic mass is 15.2. The molecule has 0 aliphatic heterocycles. The fourth-order valence-electron chi connectivity index (χ4n) is 7.80. The number of anilines is 1. The zero-order valence-corrected chi connectivity index (χ0v) is 38.9. The largest absolute Gasteiger partial charge is 0.394 e. The van der Waals surface area contributed by atoms with Gasteiger partial charge in [-0.05, 0) is 121 Å². The van der Waals surface area contributed by atoms with Crippen molar-refractivity contribution in [2.24, 2.45) is 0 Å². The maximum atomic E-state index is 4.43. The lowest BCUT2D eigenvalue weighted by atomic mass is 10.0. The van der Waals surface area contributed by atoms with E-state index in [0.717, 1.165) is 127 Å². The Labute approximate surface area is 369 Å². The summed E-state index contributed by atoms with van der Waals surface area (Å²) in [5, 5.41) is 16.8. The van der Waals surface area contributed by atoms with Gasteiger partial charge in [-0.3, -0.25) is 0 Å². The maximum absolute atomic E-state index is 4.43. The van der Waals surface area contributed by atoms with Crippen LogP contribution in [0.3, 0.4) is 0 Å². The second-order valence-corrected chi connectivity index (χ2v) is 16.1. The van der Waals surface area contributed by atoms with E-state index in [1.54, 1.807) is 6.20 Å². The predicted molar refractivity (Wildman–Crippen MR) is 270 cm³/mol. The Hall–Kier alpha value is -5.60. The van der Waals surface area contributed by atoms with E-state index in [9.17, 15) is 0 Å². The first kappa shape index (κ1) is 49.8. The van der Waals surface area contributed by atoms with Gasteiger partial charge in [-0.2, -0.15) is 0 Å². The van der Waals surface area contributed by atoms with Crippen LogP contribution in [0.2, 0.25) is 0 Å². The van der Waals surface area contributed by atoms with Crippen LogP contribution >= 0.6 is 0 Å². The molecular formula is C53H78N8. The lowest BCUT2D eigenvalue weighted by Crippen LogP contribution is -2.36. The first-order valence-electron chi connectivity index (χ1n) is 22.2. The molecule has 0 aliphatic rings. The summed E-state index contributed by atoms with van der Waals surface area (Å²) < 4.78 is 0. The number of aryl methyl sites for hydroxylation is 2. The first-order valence-corrected chi connectivity index (χ1v) is 22.2. The van der Waals surface area contributed by atoms with E-state index >= 15 is 0 Å². The number of benzene rings is 2. The number of rotatable bonds is 27. The van der Waals surface area contributed by atoms with Crippen molar-refractivity contribution in [3.63, 3.8) is 0 Å². The van der Waals surface area contributed by atoms with Crippen LogP contribution in [0.15, 0.2) is 100 Å². The van der Waals surface area contributed by atoms with E-state index in [1.807, 2.05) is 19.3 Å². The molecule has 0 radical (unpaired) electrons. The number of hydrogen-bond donors (Lipinski definition) is 6. The Kier molecular flexibility index (Phi) is 21.1. The van der Waals surface area contributed by atoms with E-state index < -0.39 is 0 Å². The minimum absolute atomic E-state index is 0.315. The lowest BCUT2D eigenvalue weighted by molar-refractivity contribution is 0.293. The molecule has 0 bridgehead atoms. The smallest absolute Gasteiger partial charge is 0.0464 e. The van der Waals surface area contributed by atoms with Gasteiger partial charge in [-0.1, -0.05) is 89.1 Å². The number of aromatic amines is 2. The number of nitrogens with one attached hydrogen (secondary N) is 6. The van der Waals surface area contributed by atoms with Gasteiger partial charge in [0.15, 0.2) is 0 Å². The molecule has 8 heteroatoms. The summed E-state index contributed by atoms with van der Waals surface area (Å²) in [6.45, 7) is 47.4. The summed E-state index contributed by atoms with van der Waals surface area (Å²) in [7, 11) is 1.81. The Morgan fingerprint density at radius 2 is 1.57 bits per heavy atom. The Morgan fingerprint density at radius 3 is 2.25 bits per heavy atom. The third-order valence-electron chi connectivity index (χ3n) is 11.5. The van der Waals surface area contributed by atoms with Crippen LogP contribution in [0.5, 0.6) is 0 Å². The summed E-state index contributed by atoms with van der Waals surface area (Å²) in [6.07, 6.45) is 15.4. The molecule has 1 unspecified atom stereocenters. The van der Waals surface area contributed by atoms with Crippen LogP contribution in [0, 0.1) is 27.7 Å². The second-order valence-electron chi connectivity index (χ2n) is 16.1. The number of fused-ring (bicyclic) bond motifs is 1. The minimum Gasteiger partial charge on any atom is -0.394 e. The number of aromatic nitrogens is 2. The van der Waals surface area contributed by atoms with Crippen molar-refractivity contribution in [2.75, 3.05) is 51.6 Å². The fraction of sp³-hybridized carbons (Fsp3) is 0.396. The topological polar surface area (TPSA) is 86.2 Å². The fourth-order valence-corrected chi connectivity index (χ4v) is 7.80. The zero-order chi connectivity index (χ0) is 44.9. The maximum Gasteiger partial charge on any atom is 0.0464 e. The summed E-state index contributed by atoms with van der Waals surface area (Å²) in [6, 6.07) is 13.2. The summed E-state index contributed by atoms with van der Waals surface area (Å²) in [5.74, 6) is 0. The van der Waals surface area contributed by atoms with Gasteiger partial charge in [0, 0.05) is 113 Å². The van der Waals surface area contributed by atoms with Crippen molar-refractivity contribution in [1.82, 2.24) is 35.7 Å². The van der Waals surface area contributed by atoms with Gasteiger partial charge in [0.05, 0.1) is 0 Å². The molecule has 330 valence electrons. The summed E-state index contributed by atoms with van der Waals surface area (Å²) in [4.78, 5) is 11.7. The Morgan fingerprint density at radius 1 is 0.869 bits per heavy atom. The van der Waals surface area contributed by atoms with Crippen LogP contribution in [0.25, 0.3) is 35.0 Å². The number of nitrogens with zero attached hydrogens (tertiary/aromatic N) is 2. The third kappa shape index (κ3) is 14.8. The van der Waals surface area contributed by atoms with Gasteiger partial charge in [0.2, 0.25) is 0 Å². The molecule has 0 saturated heterocycles. The quantitative estimate of drug-likeness (QED) is 0.0265. The number of H-pyrrole nitrogens is 2. The van der Waals surface area contributed by atoms with E-state index in [1.165, 1.54) is 40.6 Å². The highest BCUT2D eigenvalue weighted by Crippen LogP contribution is 2.29. The molecule has 0 fully saturated rings. The van der Waals surface area contributed by atoms with Crippen molar-refractivity contribution in [2.45, 2.75) is 92.5 Å². The number of likely N-dealkylation sites (N-methyl/N-ethyl adjacent to an activating group) is 1. The molecule has 0 aliphatic carbocycles. The Bertz CT molecular complexity index is 2180. The molecule has 8 nitrogen and oxygen atoms in total. The SMILES string of the molecule is C=CCCC(C)N(C=C)C(=C)c1cccc(NCCCCCCC(=C)NCCN(CC)CCNC(=C)c2c(C)[nH]c(/C=c3\c(=C)[nH]c4ccc(C)cc34)c2C)c1C.C=CNC. The molecule has 2 aromatic heterocycles. The molecule has 2 heterocycles. The first-order chi connectivity index (χ1) is 29.3. The normalized spacial score (nSPS) is 11.7. The average Bonchev–Trinajstić information content (AvgIpc) is 3.71. The van der Waals surface area contributed by atoms with Crippen LogP contribution in [-0.2, 0) is 0 Å². The number of hydrogen-bond acceptors (Lipinski definition) is 6. The highest BCUT2D eigenvalue weighted by molar-refractivity contribution is 5.83. The van der Waals surface area contributed by atoms with E-state index in [0.29, 0.717) is 6.04 Å². The molecule has 0 amide bonds. The van der Waals surface area contributed by atoms with E-state index in [4.69, 9.17) is 0 Å². The molecule has 4 aromatic rings. The van der Waals surface area contributed by atoms with Crippen LogP contribution < -0.4 is 31.8 Å². The van der Waals surface area contributed by atoms with Gasteiger partial charge in [0.1, 0.15) is 0 Å². The van der Waals surface area contributed by atoms with Crippen LogP contribution in [-0.4, -0.2) is 72.1 Å². The number of allylic oxidation sites excluding steroid dienone is 2. The van der Waals surface area contributed by atoms with Gasteiger partial charge < -0.3 is 41.0 Å². The minimum atomic E-state index is 0.315. The van der Waals surface area contributed by atoms with Gasteiger partial charge in [0.25, 0.3) is 0 Å². The molecule has 61 heavy (non-hydrogen) atoms. The molecule has 2 aromatic carbocycles. The highest BCUT2D eigenvalue weighted by Gasteiger charge is 2.17. The van der Waals surface area contributed by atoms with Crippen molar-refractivity contribution < 1.29 is 0 Å². The van der Waals surface area contributed by atoms with Crippen molar-refractivity contribution in [1.29, 1.82) is 0 Å². The zero-order valence-electron chi connectivity index (χ0n) is 38.9.